The summed E-state index contributed by atoms with van der Waals surface area (Å²) < 4.78 is 23.9. The van der Waals surface area contributed by atoms with E-state index in [2.05, 4.69) is 5.32 Å². The second-order valence-corrected chi connectivity index (χ2v) is 8.02. The minimum atomic E-state index is -3.81. The summed E-state index contributed by atoms with van der Waals surface area (Å²) in [7, 11) is -3.81. The van der Waals surface area contributed by atoms with E-state index in [1.165, 1.54) is 17.4 Å². The van der Waals surface area contributed by atoms with Gasteiger partial charge in [0.15, 0.2) is 0 Å². The topological polar surface area (TPSA) is 98.2 Å². The molecule has 1 atom stereocenters. The van der Waals surface area contributed by atoms with Crippen LogP contribution in [0.5, 0.6) is 0 Å². The maximum Gasteiger partial charge on any atom is 0.238 e. The van der Waals surface area contributed by atoms with Gasteiger partial charge in [-0.2, -0.15) is 0 Å². The summed E-state index contributed by atoms with van der Waals surface area (Å²) in [6, 6.07) is 6.77. The average Bonchev–Trinajstić information content (AvgIpc) is 2.78. The van der Waals surface area contributed by atoms with Crippen LogP contribution in [0.15, 0.2) is 29.2 Å². The van der Waals surface area contributed by atoms with Crippen molar-refractivity contribution in [2.45, 2.75) is 24.8 Å². The third-order valence-corrected chi connectivity index (χ3v) is 5.53. The zero-order valence-corrected chi connectivity index (χ0v) is 13.9. The van der Waals surface area contributed by atoms with Gasteiger partial charge >= 0.3 is 0 Å². The van der Waals surface area contributed by atoms with Crippen molar-refractivity contribution in [3.05, 3.63) is 39.0 Å². The van der Waals surface area contributed by atoms with Crippen molar-refractivity contribution in [2.75, 3.05) is 11.1 Å². The van der Waals surface area contributed by atoms with E-state index in [0.717, 1.165) is 4.88 Å². The summed E-state index contributed by atoms with van der Waals surface area (Å²) >= 11 is 7.39. The van der Waals surface area contributed by atoms with E-state index in [0.29, 0.717) is 21.3 Å². The summed E-state index contributed by atoms with van der Waals surface area (Å²) in [5.74, 6) is 0. The van der Waals surface area contributed by atoms with E-state index < -0.39 is 10.0 Å². The summed E-state index contributed by atoms with van der Waals surface area (Å²) in [4.78, 5) is 1.07. The van der Waals surface area contributed by atoms with Crippen LogP contribution in [0.3, 0.4) is 0 Å². The van der Waals surface area contributed by atoms with E-state index >= 15 is 0 Å². The fourth-order valence-electron chi connectivity index (χ4n) is 2.02. The molecule has 8 heteroatoms. The van der Waals surface area contributed by atoms with Crippen LogP contribution in [0.25, 0.3) is 0 Å². The lowest BCUT2D eigenvalue weighted by molar-refractivity contribution is 0.597. The van der Waals surface area contributed by atoms with Gasteiger partial charge < -0.3 is 11.1 Å². The molecule has 2 rings (SSSR count). The van der Waals surface area contributed by atoms with Crippen molar-refractivity contribution in [1.29, 1.82) is 0 Å². The van der Waals surface area contributed by atoms with Gasteiger partial charge in [0.25, 0.3) is 0 Å². The van der Waals surface area contributed by atoms with E-state index in [-0.39, 0.29) is 10.9 Å². The number of benzene rings is 1. The van der Waals surface area contributed by atoms with Gasteiger partial charge in [-0.1, -0.05) is 11.6 Å². The van der Waals surface area contributed by atoms with Gasteiger partial charge in [0.05, 0.1) is 15.3 Å². The molecule has 2 aromatic rings. The van der Waals surface area contributed by atoms with Crippen molar-refractivity contribution in [3.63, 3.8) is 0 Å². The van der Waals surface area contributed by atoms with Gasteiger partial charge in [-0.15, -0.1) is 11.3 Å². The van der Waals surface area contributed by atoms with Crippen LogP contribution in [0.2, 0.25) is 4.34 Å². The number of nitrogen functional groups attached to an aromatic ring is 1. The maximum atomic E-state index is 11.6. The molecule has 0 amide bonds. The zero-order chi connectivity index (χ0) is 15.8. The molecular weight excluding hydrogens is 330 g/mol. The Hall–Kier alpha value is -1.28. The molecule has 1 heterocycles. The maximum absolute atomic E-state index is 11.6. The van der Waals surface area contributed by atoms with Gasteiger partial charge in [0.1, 0.15) is 0 Å². The third-order valence-electron chi connectivity index (χ3n) is 3.08. The molecule has 0 bridgehead atoms. The Morgan fingerprint density at radius 1 is 1.33 bits per heavy atom. The Morgan fingerprint density at radius 3 is 2.52 bits per heavy atom. The number of nitrogens with two attached hydrogens (primary N) is 2. The lowest BCUT2D eigenvalue weighted by atomic mass is 10.1. The van der Waals surface area contributed by atoms with Crippen molar-refractivity contribution in [2.24, 2.45) is 5.14 Å². The first kappa shape index (κ1) is 16.1. The summed E-state index contributed by atoms with van der Waals surface area (Å²) in [5, 5.41) is 8.46. The fraction of sp³-hybridized carbons (Fsp3) is 0.231. The molecule has 0 radical (unpaired) electrons. The van der Waals surface area contributed by atoms with Gasteiger partial charge in [-0.25, -0.2) is 13.6 Å². The standard InChI is InChI=1S/C13H16ClN3O2S2/c1-7-10(5-9(15)6-12(7)21(16,18)19)17-8(2)11-3-4-13(14)20-11/h3-6,8,17H,15H2,1-2H3,(H2,16,18,19). The minimum Gasteiger partial charge on any atom is -0.399 e. The van der Waals surface area contributed by atoms with Crippen molar-refractivity contribution in [3.8, 4) is 0 Å². The minimum absolute atomic E-state index is 0.0291. The van der Waals surface area contributed by atoms with Crippen molar-refractivity contribution >= 4 is 44.3 Å². The van der Waals surface area contributed by atoms with E-state index in [1.807, 2.05) is 19.1 Å². The highest BCUT2D eigenvalue weighted by Gasteiger charge is 2.17. The third kappa shape index (κ3) is 3.68. The van der Waals surface area contributed by atoms with Gasteiger partial charge in [0.2, 0.25) is 10.0 Å². The average molecular weight is 346 g/mol. The van der Waals surface area contributed by atoms with Crippen LogP contribution in [-0.4, -0.2) is 8.42 Å². The monoisotopic (exact) mass is 345 g/mol. The molecule has 114 valence electrons. The first-order chi connectivity index (χ1) is 9.68. The number of sulfonamides is 1. The lowest BCUT2D eigenvalue weighted by Gasteiger charge is -2.18. The highest BCUT2D eigenvalue weighted by atomic mass is 35.5. The molecule has 0 aliphatic rings. The van der Waals surface area contributed by atoms with E-state index in [1.54, 1.807) is 13.0 Å². The van der Waals surface area contributed by atoms with Crippen LogP contribution in [0.4, 0.5) is 11.4 Å². The number of halogens is 1. The highest BCUT2D eigenvalue weighted by molar-refractivity contribution is 7.89. The molecule has 0 fully saturated rings. The number of hydrogen-bond donors (Lipinski definition) is 3. The Bertz CT molecular complexity index is 772. The van der Waals surface area contributed by atoms with Gasteiger partial charge in [0, 0.05) is 16.3 Å². The predicted octanol–water partition coefficient (Wildman–Crippen LogP) is 3.11. The fourth-order valence-corrected chi connectivity index (χ4v) is 3.92. The summed E-state index contributed by atoms with van der Waals surface area (Å²) in [6.45, 7) is 3.65. The lowest BCUT2D eigenvalue weighted by Crippen LogP contribution is -2.16. The van der Waals surface area contributed by atoms with Gasteiger partial charge in [-0.3, -0.25) is 0 Å². The number of rotatable bonds is 4. The Balaban J connectivity index is 2.39. The summed E-state index contributed by atoms with van der Waals surface area (Å²) in [6.07, 6.45) is 0. The number of anilines is 2. The first-order valence-corrected chi connectivity index (χ1v) is 8.87. The highest BCUT2D eigenvalue weighted by Crippen LogP contribution is 2.32. The molecule has 5 nitrogen and oxygen atoms in total. The van der Waals surface area contributed by atoms with Crippen LogP contribution in [0.1, 0.15) is 23.4 Å². The molecule has 1 aromatic heterocycles. The quantitative estimate of drug-likeness (QED) is 0.741. The summed E-state index contributed by atoms with van der Waals surface area (Å²) in [5.41, 5.74) is 7.28. The van der Waals surface area contributed by atoms with Crippen LogP contribution < -0.4 is 16.2 Å². The molecule has 0 aliphatic carbocycles. The zero-order valence-electron chi connectivity index (χ0n) is 11.6. The van der Waals surface area contributed by atoms with E-state index in [4.69, 9.17) is 22.5 Å². The number of primary sulfonamides is 1. The van der Waals surface area contributed by atoms with Gasteiger partial charge in [-0.05, 0) is 43.7 Å². The van der Waals surface area contributed by atoms with Crippen molar-refractivity contribution in [1.82, 2.24) is 0 Å². The smallest absolute Gasteiger partial charge is 0.238 e. The van der Waals surface area contributed by atoms with E-state index in [9.17, 15) is 8.42 Å². The second kappa shape index (κ2) is 5.84. The Labute approximate surface area is 133 Å². The number of hydrogen-bond acceptors (Lipinski definition) is 5. The molecule has 1 aromatic carbocycles. The molecule has 21 heavy (non-hydrogen) atoms. The number of nitrogens with one attached hydrogen (secondary N) is 1. The van der Waals surface area contributed by atoms with Crippen LogP contribution in [0, 0.1) is 6.92 Å². The first-order valence-electron chi connectivity index (χ1n) is 6.13. The van der Waals surface area contributed by atoms with Crippen molar-refractivity contribution < 1.29 is 8.42 Å². The normalized spacial score (nSPS) is 13.1. The predicted molar refractivity (Wildman–Crippen MR) is 88.3 cm³/mol. The largest absolute Gasteiger partial charge is 0.399 e. The van der Waals surface area contributed by atoms with Crippen LogP contribution in [-0.2, 0) is 10.0 Å². The SMILES string of the molecule is Cc1c(NC(C)c2ccc(Cl)s2)cc(N)cc1S(N)(=O)=O. The molecule has 0 saturated carbocycles. The molecule has 5 N–H and O–H groups in total. The molecule has 0 saturated heterocycles. The Kier molecular flexibility index (Phi) is 4.48. The molecule has 1 unspecified atom stereocenters. The molecular formula is C13H16ClN3O2S2. The Morgan fingerprint density at radius 2 is 2.00 bits per heavy atom. The second-order valence-electron chi connectivity index (χ2n) is 4.74. The number of thiophene rings is 1. The van der Waals surface area contributed by atoms with Crippen LogP contribution >= 0.6 is 22.9 Å². The molecule has 0 spiro atoms. The molecule has 0 aliphatic heterocycles.